The normalized spacial score (nSPS) is 14.2. The van der Waals surface area contributed by atoms with Gasteiger partial charge in [0.2, 0.25) is 10.0 Å². The average molecular weight is 400 g/mol. The minimum atomic E-state index is -3.53. The molecule has 6 nitrogen and oxygen atoms in total. The molecule has 2 heterocycles. The summed E-state index contributed by atoms with van der Waals surface area (Å²) in [6.45, 7) is 4.63. The van der Waals surface area contributed by atoms with Crippen molar-refractivity contribution in [2.45, 2.75) is 51.0 Å². The Morgan fingerprint density at radius 2 is 1.93 bits per heavy atom. The molecule has 0 aliphatic heterocycles. The highest BCUT2D eigenvalue weighted by atomic mass is 32.2. The summed E-state index contributed by atoms with van der Waals surface area (Å²) in [6.07, 6.45) is 5.94. The monoisotopic (exact) mass is 399 g/mol. The lowest BCUT2D eigenvalue weighted by Crippen LogP contribution is -2.28. The predicted molar refractivity (Wildman–Crippen MR) is 108 cm³/mol. The Morgan fingerprint density at radius 1 is 1.14 bits per heavy atom. The summed E-state index contributed by atoms with van der Waals surface area (Å²) in [5, 5.41) is 4.54. The molecular formula is C21H25N3O3S. The summed E-state index contributed by atoms with van der Waals surface area (Å²) < 4.78 is 35.4. The molecule has 0 unspecified atom stereocenters. The third-order valence-electron chi connectivity index (χ3n) is 5.40. The van der Waals surface area contributed by atoms with E-state index in [2.05, 4.69) is 9.82 Å². The molecule has 0 bridgehead atoms. The van der Waals surface area contributed by atoms with Crippen LogP contribution in [-0.4, -0.2) is 24.7 Å². The minimum Gasteiger partial charge on any atom is -0.464 e. The Hall–Kier alpha value is -2.38. The summed E-state index contributed by atoms with van der Waals surface area (Å²) in [6, 6.07) is 9.25. The average Bonchev–Trinajstić information content (AvgIpc) is 3.29. The van der Waals surface area contributed by atoms with Crippen LogP contribution in [0.15, 0.2) is 45.9 Å². The van der Waals surface area contributed by atoms with Gasteiger partial charge in [-0.3, -0.25) is 4.68 Å². The van der Waals surface area contributed by atoms with Gasteiger partial charge < -0.3 is 4.42 Å². The summed E-state index contributed by atoms with van der Waals surface area (Å²) in [7, 11) is -3.53. The van der Waals surface area contributed by atoms with E-state index in [0.717, 1.165) is 47.5 Å². The van der Waals surface area contributed by atoms with Gasteiger partial charge in [-0.1, -0.05) is 6.07 Å². The molecule has 1 aliphatic carbocycles. The second-order valence-electron chi connectivity index (χ2n) is 7.28. The van der Waals surface area contributed by atoms with Crippen molar-refractivity contribution in [3.05, 3.63) is 59.1 Å². The number of hydrogen-bond acceptors (Lipinski definition) is 4. The molecule has 0 radical (unpaired) electrons. The molecule has 2 aromatic heterocycles. The van der Waals surface area contributed by atoms with Crippen LogP contribution in [0.3, 0.4) is 0 Å². The minimum absolute atomic E-state index is 0.277. The molecule has 0 spiro atoms. The maximum Gasteiger partial charge on any atom is 0.240 e. The van der Waals surface area contributed by atoms with Crippen molar-refractivity contribution >= 4 is 10.0 Å². The van der Waals surface area contributed by atoms with Crippen molar-refractivity contribution in [1.29, 1.82) is 0 Å². The van der Waals surface area contributed by atoms with Gasteiger partial charge in [0.05, 0.1) is 29.0 Å². The number of hydrogen-bond donors (Lipinski definition) is 1. The topological polar surface area (TPSA) is 77.1 Å². The Bertz CT molecular complexity index is 1080. The molecule has 1 N–H and O–H groups in total. The van der Waals surface area contributed by atoms with Crippen molar-refractivity contribution in [1.82, 2.24) is 14.5 Å². The number of fused-ring (bicyclic) bond motifs is 1. The molecule has 1 aromatic carbocycles. The number of benzene rings is 1. The zero-order valence-electron chi connectivity index (χ0n) is 16.2. The quantitative estimate of drug-likeness (QED) is 0.687. The largest absolute Gasteiger partial charge is 0.464 e. The molecule has 7 heteroatoms. The second-order valence-corrected chi connectivity index (χ2v) is 9.05. The number of furan rings is 1. The van der Waals surface area contributed by atoms with Gasteiger partial charge in [0, 0.05) is 12.2 Å². The van der Waals surface area contributed by atoms with E-state index in [4.69, 9.17) is 4.42 Å². The van der Waals surface area contributed by atoms with Crippen LogP contribution in [0.1, 0.15) is 35.4 Å². The van der Waals surface area contributed by atoms with Crippen molar-refractivity contribution in [2.24, 2.45) is 0 Å². The van der Waals surface area contributed by atoms with Gasteiger partial charge in [0.25, 0.3) is 0 Å². The summed E-state index contributed by atoms with van der Waals surface area (Å²) in [4.78, 5) is 0.345. The first kappa shape index (κ1) is 19.0. The van der Waals surface area contributed by atoms with Crippen LogP contribution in [0.2, 0.25) is 0 Å². The third-order valence-corrected chi connectivity index (χ3v) is 6.85. The summed E-state index contributed by atoms with van der Waals surface area (Å²) >= 11 is 0. The fourth-order valence-corrected chi connectivity index (χ4v) is 5.01. The number of aromatic nitrogens is 2. The SMILES string of the molecule is Cc1nn(CCNS(=O)(=O)c2ccc3c(c2)CCCC3)c(C)c1-c1ccco1. The highest BCUT2D eigenvalue weighted by molar-refractivity contribution is 7.89. The molecule has 4 rings (SSSR count). The molecule has 0 fully saturated rings. The predicted octanol–water partition coefficient (Wildman–Crippen LogP) is 3.62. The number of sulfonamides is 1. The van der Waals surface area contributed by atoms with Crippen LogP contribution in [0.5, 0.6) is 0 Å². The van der Waals surface area contributed by atoms with Crippen molar-refractivity contribution < 1.29 is 12.8 Å². The molecular weight excluding hydrogens is 374 g/mol. The number of nitrogens with one attached hydrogen (secondary N) is 1. The number of nitrogens with zero attached hydrogens (tertiary/aromatic N) is 2. The second kappa shape index (κ2) is 7.56. The van der Waals surface area contributed by atoms with Crippen molar-refractivity contribution in [2.75, 3.05) is 6.54 Å². The van der Waals surface area contributed by atoms with Crippen molar-refractivity contribution in [3.63, 3.8) is 0 Å². The Kier molecular flexibility index (Phi) is 5.12. The summed E-state index contributed by atoms with van der Waals surface area (Å²) in [5.74, 6) is 0.774. The molecule has 0 saturated heterocycles. The van der Waals surface area contributed by atoms with Crippen LogP contribution in [0, 0.1) is 13.8 Å². The Morgan fingerprint density at radius 3 is 2.68 bits per heavy atom. The zero-order valence-corrected chi connectivity index (χ0v) is 17.1. The lowest BCUT2D eigenvalue weighted by Gasteiger charge is -2.17. The first-order valence-electron chi connectivity index (χ1n) is 9.65. The first-order chi connectivity index (χ1) is 13.5. The molecule has 1 aliphatic rings. The van der Waals surface area contributed by atoms with Gasteiger partial charge in [-0.25, -0.2) is 13.1 Å². The van der Waals surface area contributed by atoms with Gasteiger partial charge >= 0.3 is 0 Å². The number of aryl methyl sites for hydroxylation is 3. The van der Waals surface area contributed by atoms with E-state index in [1.165, 1.54) is 12.0 Å². The van der Waals surface area contributed by atoms with Crippen LogP contribution < -0.4 is 4.72 Å². The lowest BCUT2D eigenvalue weighted by molar-refractivity contribution is 0.553. The Balaban J connectivity index is 1.46. The Labute approximate surface area is 165 Å². The third kappa shape index (κ3) is 3.64. The maximum atomic E-state index is 12.7. The van der Waals surface area contributed by atoms with E-state index >= 15 is 0 Å². The van der Waals surface area contributed by atoms with E-state index in [1.807, 2.05) is 42.8 Å². The van der Waals surface area contributed by atoms with Crippen molar-refractivity contribution in [3.8, 4) is 11.3 Å². The maximum absolute atomic E-state index is 12.7. The van der Waals surface area contributed by atoms with E-state index in [0.29, 0.717) is 11.4 Å². The summed E-state index contributed by atoms with van der Waals surface area (Å²) in [5.41, 5.74) is 5.22. The molecule has 148 valence electrons. The fourth-order valence-electron chi connectivity index (χ4n) is 3.94. The fraction of sp³-hybridized carbons (Fsp3) is 0.381. The van der Waals surface area contributed by atoms with Crippen LogP contribution >= 0.6 is 0 Å². The standard InChI is InChI=1S/C21H25N3O3S/c1-15-21(20-8-5-13-27-20)16(2)24(23-15)12-11-22-28(25,26)19-10-9-17-6-3-4-7-18(17)14-19/h5,8-10,13-14,22H,3-4,6-7,11-12H2,1-2H3. The zero-order chi connectivity index (χ0) is 19.7. The van der Waals surface area contributed by atoms with E-state index in [-0.39, 0.29) is 6.54 Å². The van der Waals surface area contributed by atoms with E-state index in [9.17, 15) is 8.42 Å². The van der Waals surface area contributed by atoms with Gasteiger partial charge in [-0.2, -0.15) is 5.10 Å². The molecule has 28 heavy (non-hydrogen) atoms. The van der Waals surface area contributed by atoms with Crippen LogP contribution in [0.25, 0.3) is 11.3 Å². The molecule has 0 amide bonds. The van der Waals surface area contributed by atoms with Gasteiger partial charge in [-0.15, -0.1) is 0 Å². The van der Waals surface area contributed by atoms with Crippen LogP contribution in [-0.2, 0) is 29.4 Å². The van der Waals surface area contributed by atoms with E-state index in [1.54, 1.807) is 12.3 Å². The van der Waals surface area contributed by atoms with Gasteiger partial charge in [0.15, 0.2) is 0 Å². The molecule has 3 aromatic rings. The van der Waals surface area contributed by atoms with Gasteiger partial charge in [-0.05, 0) is 74.9 Å². The highest BCUT2D eigenvalue weighted by Gasteiger charge is 2.19. The number of rotatable bonds is 6. The highest BCUT2D eigenvalue weighted by Crippen LogP contribution is 2.27. The van der Waals surface area contributed by atoms with E-state index < -0.39 is 10.0 Å². The van der Waals surface area contributed by atoms with Gasteiger partial charge in [0.1, 0.15) is 5.76 Å². The van der Waals surface area contributed by atoms with Crippen LogP contribution in [0.4, 0.5) is 0 Å². The lowest BCUT2D eigenvalue weighted by atomic mass is 9.92. The molecule has 0 saturated carbocycles. The first-order valence-corrected chi connectivity index (χ1v) is 11.1. The molecule has 0 atom stereocenters. The smallest absolute Gasteiger partial charge is 0.240 e.